The molecular weight excluding hydrogens is 374 g/mol. The average Bonchev–Trinajstić information content (AvgIpc) is 3.09. The van der Waals surface area contributed by atoms with Gasteiger partial charge in [0.2, 0.25) is 0 Å². The molecule has 1 heteroatoms. The number of aliphatic imine (C=N–C) groups is 1. The number of allylic oxidation sites excluding steroid dienone is 4. The fraction of sp³-hybridized carbons (Fsp3) is 0.767. The molecule has 0 heterocycles. The van der Waals surface area contributed by atoms with Gasteiger partial charge in [-0.05, 0) is 97.9 Å². The summed E-state index contributed by atoms with van der Waals surface area (Å²) < 4.78 is 0. The van der Waals surface area contributed by atoms with E-state index in [4.69, 9.17) is 0 Å². The minimum atomic E-state index is 0.667. The average molecular weight is 426 g/mol. The highest BCUT2D eigenvalue weighted by Crippen LogP contribution is 2.67. The van der Waals surface area contributed by atoms with Gasteiger partial charge in [-0.1, -0.05) is 78.8 Å². The molecule has 8 unspecified atom stereocenters. The van der Waals surface area contributed by atoms with Gasteiger partial charge >= 0.3 is 0 Å². The third kappa shape index (κ3) is 4.81. The Morgan fingerprint density at radius 3 is 2.35 bits per heavy atom. The highest BCUT2D eigenvalue weighted by Gasteiger charge is 2.59. The van der Waals surface area contributed by atoms with E-state index < -0.39 is 0 Å². The lowest BCUT2D eigenvalue weighted by atomic mass is 9.47. The Kier molecular flexibility index (Phi) is 9.84. The molecule has 0 saturated heterocycles. The Morgan fingerprint density at radius 1 is 1.13 bits per heavy atom. The summed E-state index contributed by atoms with van der Waals surface area (Å²) in [4.78, 5) is 4.53. The highest BCUT2D eigenvalue weighted by atomic mass is 14.7. The summed E-state index contributed by atoms with van der Waals surface area (Å²) in [5, 5.41) is 0. The molecule has 0 aromatic rings. The van der Waals surface area contributed by atoms with Gasteiger partial charge in [-0.25, -0.2) is 0 Å². The van der Waals surface area contributed by atoms with Gasteiger partial charge in [0.25, 0.3) is 0 Å². The van der Waals surface area contributed by atoms with Gasteiger partial charge in [-0.2, -0.15) is 0 Å². The minimum Gasteiger partial charge on any atom is -0.293 e. The third-order valence-electron chi connectivity index (χ3n) is 9.76. The van der Waals surface area contributed by atoms with Crippen LogP contribution < -0.4 is 0 Å². The first-order valence-corrected chi connectivity index (χ1v) is 13.4. The van der Waals surface area contributed by atoms with Crippen molar-refractivity contribution in [1.29, 1.82) is 0 Å². The van der Waals surface area contributed by atoms with Gasteiger partial charge in [-0.3, -0.25) is 4.99 Å². The smallest absolute Gasteiger partial charge is 0.0344 e. The van der Waals surface area contributed by atoms with Crippen molar-refractivity contribution in [2.45, 2.75) is 92.9 Å². The van der Waals surface area contributed by atoms with Crippen LogP contribution in [0.5, 0.6) is 0 Å². The van der Waals surface area contributed by atoms with Crippen LogP contribution in [0.1, 0.15) is 92.9 Å². The van der Waals surface area contributed by atoms with Crippen LogP contribution in [0.15, 0.2) is 42.0 Å². The van der Waals surface area contributed by atoms with Crippen LogP contribution in [0.4, 0.5) is 0 Å². The van der Waals surface area contributed by atoms with E-state index in [0.29, 0.717) is 5.41 Å². The third-order valence-corrected chi connectivity index (χ3v) is 9.76. The molecule has 1 nitrogen and oxygen atoms in total. The summed E-state index contributed by atoms with van der Waals surface area (Å²) in [7, 11) is 1.98. The minimum absolute atomic E-state index is 0.667. The van der Waals surface area contributed by atoms with Crippen molar-refractivity contribution in [2.75, 3.05) is 7.05 Å². The van der Waals surface area contributed by atoms with Crippen LogP contribution in [0.2, 0.25) is 0 Å². The van der Waals surface area contributed by atoms with E-state index in [1.54, 1.807) is 17.7 Å². The lowest BCUT2D eigenvalue weighted by Crippen LogP contribution is -2.50. The summed E-state index contributed by atoms with van der Waals surface area (Å²) in [5.41, 5.74) is 3.81. The zero-order valence-corrected chi connectivity index (χ0v) is 21.8. The normalized spacial score (nSPS) is 41.8. The van der Waals surface area contributed by atoms with Gasteiger partial charge in [0.05, 0.1) is 0 Å². The second-order valence-corrected chi connectivity index (χ2v) is 10.4. The summed E-state index contributed by atoms with van der Waals surface area (Å²) in [6.45, 7) is 20.8. The van der Waals surface area contributed by atoms with Crippen molar-refractivity contribution in [3.8, 4) is 0 Å². The summed E-state index contributed by atoms with van der Waals surface area (Å²) in [5.74, 6) is 6.68. The van der Waals surface area contributed by atoms with Crippen LogP contribution in [-0.2, 0) is 0 Å². The molecular formula is C30H51N. The van der Waals surface area contributed by atoms with Gasteiger partial charge in [0.15, 0.2) is 0 Å². The topological polar surface area (TPSA) is 12.4 Å². The molecule has 4 aliphatic carbocycles. The molecule has 8 atom stereocenters. The standard InChI is InChI=1S/C24H39N.C4H6.C2H6/c1-6-17-13-18-14-19(25-5)8-9-20(18)21-10-11-24(7-2)16(4)15(3)12-22(24)23(17)21;1-3-4-2;1-2/h14-17,20-23H,6-13H2,1-5H3;3-4H,1-2H2;1-2H3. The van der Waals surface area contributed by atoms with Crippen LogP contribution in [0.3, 0.4) is 0 Å². The molecule has 0 radical (unpaired) electrons. The van der Waals surface area contributed by atoms with Crippen molar-refractivity contribution in [2.24, 2.45) is 51.8 Å². The second kappa shape index (κ2) is 11.7. The van der Waals surface area contributed by atoms with E-state index in [0.717, 1.165) is 41.4 Å². The molecule has 0 aliphatic heterocycles. The number of nitrogens with zero attached hydrogens (tertiary/aromatic N) is 1. The fourth-order valence-corrected chi connectivity index (χ4v) is 8.14. The maximum atomic E-state index is 4.53. The molecule has 0 aromatic carbocycles. The summed E-state index contributed by atoms with van der Waals surface area (Å²) >= 11 is 0. The van der Waals surface area contributed by atoms with Crippen molar-refractivity contribution in [3.63, 3.8) is 0 Å². The predicted molar refractivity (Wildman–Crippen MR) is 140 cm³/mol. The number of hydrogen-bond donors (Lipinski definition) is 0. The van der Waals surface area contributed by atoms with Crippen LogP contribution in [0, 0.1) is 46.8 Å². The first-order valence-electron chi connectivity index (χ1n) is 13.4. The zero-order valence-electron chi connectivity index (χ0n) is 21.8. The number of fused-ring (bicyclic) bond motifs is 5. The van der Waals surface area contributed by atoms with E-state index in [1.165, 1.54) is 57.1 Å². The predicted octanol–water partition coefficient (Wildman–Crippen LogP) is 8.92. The van der Waals surface area contributed by atoms with Gasteiger partial charge in [-0.15, -0.1) is 0 Å². The Bertz CT molecular complexity index is 649. The van der Waals surface area contributed by atoms with Crippen LogP contribution in [-0.4, -0.2) is 12.8 Å². The van der Waals surface area contributed by atoms with E-state index >= 15 is 0 Å². The summed E-state index contributed by atoms with van der Waals surface area (Å²) in [6, 6.07) is 0. The van der Waals surface area contributed by atoms with E-state index in [9.17, 15) is 0 Å². The lowest BCUT2D eigenvalue weighted by Gasteiger charge is -2.57. The van der Waals surface area contributed by atoms with E-state index in [1.807, 2.05) is 20.9 Å². The Hall–Kier alpha value is -1.11. The zero-order chi connectivity index (χ0) is 23.2. The molecule has 31 heavy (non-hydrogen) atoms. The van der Waals surface area contributed by atoms with Crippen LogP contribution >= 0.6 is 0 Å². The SMILES string of the molecule is C=CC=C.CC.CCC1CC2=CC(=NC)CCC2C2CCC3(CC)C(C)C(C)CC3C12. The Labute approximate surface area is 194 Å². The molecule has 3 fully saturated rings. The van der Waals surface area contributed by atoms with Gasteiger partial charge in [0.1, 0.15) is 0 Å². The van der Waals surface area contributed by atoms with Gasteiger partial charge < -0.3 is 0 Å². The van der Waals surface area contributed by atoms with Gasteiger partial charge in [0, 0.05) is 12.8 Å². The lowest BCUT2D eigenvalue weighted by molar-refractivity contribution is -0.0593. The first-order chi connectivity index (χ1) is 15.0. The maximum absolute atomic E-state index is 4.53. The molecule has 0 bridgehead atoms. The molecule has 176 valence electrons. The molecule has 4 aliphatic rings. The largest absolute Gasteiger partial charge is 0.293 e. The highest BCUT2D eigenvalue weighted by molar-refractivity contribution is 5.96. The van der Waals surface area contributed by atoms with Crippen molar-refractivity contribution >= 4 is 5.71 Å². The van der Waals surface area contributed by atoms with E-state index in [2.05, 4.69) is 51.9 Å². The second-order valence-electron chi connectivity index (χ2n) is 10.4. The fourth-order valence-electron chi connectivity index (χ4n) is 8.14. The van der Waals surface area contributed by atoms with Crippen molar-refractivity contribution in [3.05, 3.63) is 37.0 Å². The molecule has 0 amide bonds. The Balaban J connectivity index is 0.000000513. The number of rotatable bonds is 3. The van der Waals surface area contributed by atoms with Crippen molar-refractivity contribution < 1.29 is 0 Å². The molecule has 0 aromatic heterocycles. The van der Waals surface area contributed by atoms with Crippen LogP contribution in [0.25, 0.3) is 0 Å². The van der Waals surface area contributed by atoms with Crippen molar-refractivity contribution in [1.82, 2.24) is 0 Å². The Morgan fingerprint density at radius 2 is 1.81 bits per heavy atom. The molecule has 0 spiro atoms. The molecule has 3 saturated carbocycles. The monoisotopic (exact) mass is 425 g/mol. The molecule has 0 N–H and O–H groups in total. The maximum Gasteiger partial charge on any atom is 0.0344 e. The summed E-state index contributed by atoms with van der Waals surface area (Å²) in [6.07, 6.45) is 17.1. The number of hydrogen-bond acceptors (Lipinski definition) is 1. The quantitative estimate of drug-likeness (QED) is 0.400. The van der Waals surface area contributed by atoms with E-state index in [-0.39, 0.29) is 0 Å². The molecule has 4 rings (SSSR count). The first kappa shape index (κ1) is 26.1.